The van der Waals surface area contributed by atoms with Crippen molar-refractivity contribution in [2.24, 2.45) is 0 Å². The molecular weight excluding hydrogens is 246 g/mol. The van der Waals surface area contributed by atoms with Crippen molar-refractivity contribution in [1.29, 1.82) is 0 Å². The highest BCUT2D eigenvalue weighted by Crippen LogP contribution is 2.12. The first-order chi connectivity index (χ1) is 9.16. The fourth-order valence-electron chi connectivity index (χ4n) is 1.68. The van der Waals surface area contributed by atoms with Gasteiger partial charge in [-0.2, -0.15) is 5.10 Å². The van der Waals surface area contributed by atoms with Crippen LogP contribution in [-0.2, 0) is 16.1 Å². The molecule has 2 aromatic rings. The summed E-state index contributed by atoms with van der Waals surface area (Å²) < 4.78 is 1.43. The quantitative estimate of drug-likeness (QED) is 0.832. The molecule has 1 aromatic heterocycles. The number of benzene rings is 1. The van der Waals surface area contributed by atoms with Crippen molar-refractivity contribution in [2.45, 2.75) is 12.6 Å². The predicted molar refractivity (Wildman–Crippen MR) is 67.2 cm³/mol. The first-order valence-corrected chi connectivity index (χ1v) is 5.71. The van der Waals surface area contributed by atoms with Crippen LogP contribution in [0.4, 0.5) is 0 Å². The highest BCUT2D eigenvalue weighted by atomic mass is 16.4. The van der Waals surface area contributed by atoms with E-state index in [0.29, 0.717) is 5.56 Å². The fourth-order valence-corrected chi connectivity index (χ4v) is 1.68. The minimum Gasteiger partial charge on any atom is -0.479 e. The number of aromatic nitrogens is 2. The van der Waals surface area contributed by atoms with Crippen molar-refractivity contribution < 1.29 is 14.7 Å². The maximum atomic E-state index is 11.8. The lowest BCUT2D eigenvalue weighted by Gasteiger charge is -2.14. The van der Waals surface area contributed by atoms with E-state index in [4.69, 9.17) is 5.11 Å². The van der Waals surface area contributed by atoms with Gasteiger partial charge in [-0.1, -0.05) is 30.3 Å². The number of carbonyl (C=O) groups is 2. The molecule has 6 nitrogen and oxygen atoms in total. The second-order valence-corrected chi connectivity index (χ2v) is 3.95. The zero-order valence-electron chi connectivity index (χ0n) is 10.1. The molecule has 1 heterocycles. The van der Waals surface area contributed by atoms with Crippen molar-refractivity contribution in [3.05, 3.63) is 54.4 Å². The van der Waals surface area contributed by atoms with E-state index in [-0.39, 0.29) is 6.54 Å². The first-order valence-electron chi connectivity index (χ1n) is 5.71. The van der Waals surface area contributed by atoms with E-state index in [0.717, 1.165) is 0 Å². The maximum Gasteiger partial charge on any atom is 0.330 e. The molecule has 0 aliphatic carbocycles. The van der Waals surface area contributed by atoms with Crippen LogP contribution >= 0.6 is 0 Å². The van der Waals surface area contributed by atoms with Crippen LogP contribution in [0.15, 0.2) is 48.8 Å². The summed E-state index contributed by atoms with van der Waals surface area (Å²) in [6.07, 6.45) is 3.19. The topological polar surface area (TPSA) is 84.2 Å². The number of carboxylic acid groups (broad SMARTS) is 1. The van der Waals surface area contributed by atoms with Crippen molar-refractivity contribution in [2.75, 3.05) is 0 Å². The second-order valence-electron chi connectivity index (χ2n) is 3.95. The van der Waals surface area contributed by atoms with Crippen LogP contribution in [0.1, 0.15) is 11.6 Å². The SMILES string of the molecule is O=C(Cn1cccn1)N[C@H](C(=O)O)c1ccccc1. The van der Waals surface area contributed by atoms with Crippen LogP contribution in [0.5, 0.6) is 0 Å². The summed E-state index contributed by atoms with van der Waals surface area (Å²) in [5, 5.41) is 15.5. The summed E-state index contributed by atoms with van der Waals surface area (Å²) in [5.74, 6) is -1.50. The Bertz CT molecular complexity index is 552. The number of carboxylic acids is 1. The highest BCUT2D eigenvalue weighted by Gasteiger charge is 2.21. The molecular formula is C13H13N3O3. The van der Waals surface area contributed by atoms with Gasteiger partial charge in [-0.05, 0) is 11.6 Å². The Labute approximate surface area is 109 Å². The molecule has 0 bridgehead atoms. The van der Waals surface area contributed by atoms with Crippen LogP contribution in [0.25, 0.3) is 0 Å². The molecule has 98 valence electrons. The molecule has 2 N–H and O–H groups in total. The maximum absolute atomic E-state index is 11.8. The Balaban J connectivity index is 2.05. The van der Waals surface area contributed by atoms with E-state index >= 15 is 0 Å². The van der Waals surface area contributed by atoms with Gasteiger partial charge in [0.2, 0.25) is 5.91 Å². The third-order valence-electron chi connectivity index (χ3n) is 2.55. The molecule has 1 aromatic carbocycles. The zero-order chi connectivity index (χ0) is 13.7. The average molecular weight is 259 g/mol. The molecule has 0 aliphatic heterocycles. The van der Waals surface area contributed by atoms with Gasteiger partial charge in [0.25, 0.3) is 0 Å². The number of aliphatic carboxylic acids is 1. The van der Waals surface area contributed by atoms with Crippen LogP contribution in [-0.4, -0.2) is 26.8 Å². The molecule has 1 atom stereocenters. The van der Waals surface area contributed by atoms with Crippen LogP contribution in [0.2, 0.25) is 0 Å². The van der Waals surface area contributed by atoms with Gasteiger partial charge in [0.15, 0.2) is 6.04 Å². The molecule has 0 saturated heterocycles. The van der Waals surface area contributed by atoms with Gasteiger partial charge >= 0.3 is 5.97 Å². The summed E-state index contributed by atoms with van der Waals surface area (Å²) >= 11 is 0. The number of hydrogen-bond acceptors (Lipinski definition) is 3. The smallest absolute Gasteiger partial charge is 0.330 e. The van der Waals surface area contributed by atoms with Gasteiger partial charge in [0, 0.05) is 12.4 Å². The van der Waals surface area contributed by atoms with E-state index in [2.05, 4.69) is 10.4 Å². The molecule has 0 radical (unpaired) electrons. The molecule has 0 unspecified atom stereocenters. The molecule has 0 aliphatic rings. The van der Waals surface area contributed by atoms with E-state index in [1.165, 1.54) is 4.68 Å². The molecule has 2 rings (SSSR count). The van der Waals surface area contributed by atoms with Crippen LogP contribution in [0, 0.1) is 0 Å². The lowest BCUT2D eigenvalue weighted by molar-refractivity contribution is -0.142. The minimum atomic E-state index is -1.10. The van der Waals surface area contributed by atoms with Crippen molar-refractivity contribution in [1.82, 2.24) is 15.1 Å². The van der Waals surface area contributed by atoms with Crippen LogP contribution in [0.3, 0.4) is 0 Å². The summed E-state index contributed by atoms with van der Waals surface area (Å²) in [6, 6.07) is 9.20. The normalized spacial score (nSPS) is 11.8. The lowest BCUT2D eigenvalue weighted by atomic mass is 10.1. The number of amides is 1. The number of hydrogen-bond donors (Lipinski definition) is 2. The van der Waals surface area contributed by atoms with E-state index in [1.54, 1.807) is 48.8 Å². The van der Waals surface area contributed by atoms with Gasteiger partial charge in [-0.15, -0.1) is 0 Å². The number of carbonyl (C=O) groups excluding carboxylic acids is 1. The van der Waals surface area contributed by atoms with Crippen molar-refractivity contribution >= 4 is 11.9 Å². The predicted octanol–water partition coefficient (Wildman–Crippen LogP) is 0.825. The largest absolute Gasteiger partial charge is 0.479 e. The third-order valence-corrected chi connectivity index (χ3v) is 2.55. The number of rotatable bonds is 5. The molecule has 6 heteroatoms. The van der Waals surface area contributed by atoms with Gasteiger partial charge in [-0.25, -0.2) is 4.79 Å². The molecule has 0 saturated carbocycles. The Morgan fingerprint density at radius 2 is 2.00 bits per heavy atom. The Morgan fingerprint density at radius 1 is 1.26 bits per heavy atom. The van der Waals surface area contributed by atoms with Gasteiger partial charge in [0.1, 0.15) is 6.54 Å². The van der Waals surface area contributed by atoms with Gasteiger partial charge < -0.3 is 10.4 Å². The zero-order valence-corrected chi connectivity index (χ0v) is 10.1. The van der Waals surface area contributed by atoms with Gasteiger partial charge in [-0.3, -0.25) is 9.48 Å². The van der Waals surface area contributed by atoms with Crippen LogP contribution < -0.4 is 5.32 Å². The van der Waals surface area contributed by atoms with E-state index < -0.39 is 17.9 Å². The second kappa shape index (κ2) is 5.81. The van der Waals surface area contributed by atoms with Crippen molar-refractivity contribution in [3.8, 4) is 0 Å². The lowest BCUT2D eigenvalue weighted by Crippen LogP contribution is -2.35. The average Bonchev–Trinajstić information content (AvgIpc) is 2.89. The van der Waals surface area contributed by atoms with Gasteiger partial charge in [0.05, 0.1) is 0 Å². The first kappa shape index (κ1) is 12.8. The van der Waals surface area contributed by atoms with Crippen molar-refractivity contribution in [3.63, 3.8) is 0 Å². The standard InChI is InChI=1S/C13H13N3O3/c17-11(9-16-8-4-7-14-16)15-12(13(18)19)10-5-2-1-3-6-10/h1-8,12H,9H2,(H,15,17)(H,18,19)/t12-/m0/s1. The number of nitrogens with one attached hydrogen (secondary N) is 1. The monoisotopic (exact) mass is 259 g/mol. The molecule has 0 fully saturated rings. The summed E-state index contributed by atoms with van der Waals surface area (Å²) in [4.78, 5) is 23.0. The Morgan fingerprint density at radius 3 is 2.58 bits per heavy atom. The third kappa shape index (κ3) is 3.41. The summed E-state index contributed by atoms with van der Waals surface area (Å²) in [6.45, 7) is -0.0103. The number of nitrogens with zero attached hydrogens (tertiary/aromatic N) is 2. The fraction of sp³-hybridized carbons (Fsp3) is 0.154. The van der Waals surface area contributed by atoms with E-state index in [1.807, 2.05) is 0 Å². The highest BCUT2D eigenvalue weighted by molar-refractivity contribution is 5.84. The molecule has 19 heavy (non-hydrogen) atoms. The summed E-state index contributed by atoms with van der Waals surface area (Å²) in [5.41, 5.74) is 0.531. The Kier molecular flexibility index (Phi) is 3.92. The summed E-state index contributed by atoms with van der Waals surface area (Å²) in [7, 11) is 0. The Hall–Kier alpha value is -2.63. The molecule has 1 amide bonds. The molecule has 0 spiro atoms. The minimum absolute atomic E-state index is 0.0103. The van der Waals surface area contributed by atoms with E-state index in [9.17, 15) is 9.59 Å².